The Morgan fingerprint density at radius 3 is 2.72 bits per heavy atom. The summed E-state index contributed by atoms with van der Waals surface area (Å²) in [6, 6.07) is 3.90. The molecule has 2 aromatic heterocycles. The predicted octanol–water partition coefficient (Wildman–Crippen LogP) is 6.37. The lowest BCUT2D eigenvalue weighted by molar-refractivity contribution is -0.141. The van der Waals surface area contributed by atoms with Crippen LogP contribution in [-0.4, -0.2) is 9.78 Å². The number of halogens is 6. The van der Waals surface area contributed by atoms with Crippen molar-refractivity contribution < 1.29 is 17.6 Å². The quantitative estimate of drug-likeness (QED) is 0.455. The fourth-order valence-corrected chi connectivity index (χ4v) is 5.06. The first kappa shape index (κ1) is 22.1. The number of nitrogens with zero attached hydrogens (tertiary/aromatic N) is 2. The van der Waals surface area contributed by atoms with E-state index in [9.17, 15) is 17.6 Å². The number of nitrogens with one attached hydrogen (secondary N) is 1. The molecule has 0 amide bonds. The van der Waals surface area contributed by atoms with Gasteiger partial charge in [0.1, 0.15) is 5.82 Å². The average Bonchev–Trinajstić information content (AvgIpc) is 3.30. The van der Waals surface area contributed by atoms with E-state index in [0.29, 0.717) is 16.4 Å². The molecule has 0 aliphatic carbocycles. The van der Waals surface area contributed by atoms with Crippen molar-refractivity contribution in [2.45, 2.75) is 39.2 Å². The van der Waals surface area contributed by atoms with Gasteiger partial charge in [0.2, 0.25) is 0 Å². The standard InChI is InChI=1S/C19H16ClF4N3S.ClH/c1-3-27-8-11(17(26-27)19(22,23)24)15-10(5-4-6-12(15)21)16-14-9(2)18(20)28-13(14)7-25-16;/h4-6,8,16,25H,3,7H2,1-2H3;1H/t16-;/m0./s1. The summed E-state index contributed by atoms with van der Waals surface area (Å²) in [5.41, 5.74) is 0.806. The molecule has 4 rings (SSSR count). The summed E-state index contributed by atoms with van der Waals surface area (Å²) < 4.78 is 57.5. The number of hydrogen-bond acceptors (Lipinski definition) is 3. The molecule has 29 heavy (non-hydrogen) atoms. The van der Waals surface area contributed by atoms with Crippen LogP contribution in [0.4, 0.5) is 17.6 Å². The highest BCUT2D eigenvalue weighted by Gasteiger charge is 2.40. The topological polar surface area (TPSA) is 29.9 Å². The minimum absolute atomic E-state index is 0. The van der Waals surface area contributed by atoms with E-state index in [1.807, 2.05) is 6.92 Å². The number of alkyl halides is 3. The molecule has 10 heteroatoms. The van der Waals surface area contributed by atoms with Gasteiger partial charge in [-0.05, 0) is 36.6 Å². The summed E-state index contributed by atoms with van der Waals surface area (Å²) in [5.74, 6) is -0.715. The van der Waals surface area contributed by atoms with Gasteiger partial charge in [0.15, 0.2) is 5.69 Å². The second-order valence-electron chi connectivity index (χ2n) is 6.60. The lowest BCUT2D eigenvalue weighted by Crippen LogP contribution is -2.16. The Hall–Kier alpha value is -1.61. The average molecular weight is 466 g/mol. The van der Waals surface area contributed by atoms with Crippen molar-refractivity contribution in [2.75, 3.05) is 0 Å². The van der Waals surface area contributed by atoms with Crippen molar-refractivity contribution in [3.63, 3.8) is 0 Å². The molecule has 1 aliphatic heterocycles. The van der Waals surface area contributed by atoms with Gasteiger partial charge in [-0.25, -0.2) is 4.39 Å². The number of benzene rings is 1. The fraction of sp³-hybridized carbons (Fsp3) is 0.316. The van der Waals surface area contributed by atoms with Gasteiger partial charge in [-0.1, -0.05) is 23.7 Å². The molecular formula is C19H17Cl2F4N3S. The summed E-state index contributed by atoms with van der Waals surface area (Å²) in [4.78, 5) is 1.02. The van der Waals surface area contributed by atoms with Gasteiger partial charge in [0.05, 0.1) is 10.4 Å². The van der Waals surface area contributed by atoms with E-state index in [0.717, 1.165) is 16.0 Å². The largest absolute Gasteiger partial charge is 0.435 e. The number of aryl methyl sites for hydroxylation is 1. The minimum Gasteiger partial charge on any atom is -0.301 e. The molecule has 3 nitrogen and oxygen atoms in total. The Morgan fingerprint density at radius 2 is 2.07 bits per heavy atom. The van der Waals surface area contributed by atoms with E-state index in [1.165, 1.54) is 34.3 Å². The molecule has 0 saturated carbocycles. The number of thiophene rings is 1. The van der Waals surface area contributed by atoms with E-state index < -0.39 is 23.7 Å². The highest BCUT2D eigenvalue weighted by Crippen LogP contribution is 2.46. The SMILES string of the molecule is CCn1cc(-c2c(F)cccc2[C@@H]2NCc3sc(Cl)c(C)c32)c(C(F)(F)F)n1.Cl. The van der Waals surface area contributed by atoms with Crippen molar-refractivity contribution in [1.29, 1.82) is 0 Å². The Labute approximate surface area is 180 Å². The molecule has 0 unspecified atom stereocenters. The molecule has 1 aliphatic rings. The van der Waals surface area contributed by atoms with Crippen LogP contribution in [0.3, 0.4) is 0 Å². The highest BCUT2D eigenvalue weighted by atomic mass is 35.5. The maximum atomic E-state index is 14.9. The van der Waals surface area contributed by atoms with Gasteiger partial charge in [-0.3, -0.25) is 4.68 Å². The minimum atomic E-state index is -4.69. The van der Waals surface area contributed by atoms with Crippen LogP contribution in [0.5, 0.6) is 0 Å². The van der Waals surface area contributed by atoms with E-state index in [2.05, 4.69) is 10.4 Å². The molecule has 0 spiro atoms. The number of aromatic nitrogens is 2. The first-order chi connectivity index (χ1) is 13.2. The van der Waals surface area contributed by atoms with E-state index in [4.69, 9.17) is 11.6 Å². The van der Waals surface area contributed by atoms with Gasteiger partial charge in [-0.15, -0.1) is 23.7 Å². The Morgan fingerprint density at radius 1 is 1.34 bits per heavy atom. The number of rotatable bonds is 3. The first-order valence-corrected chi connectivity index (χ1v) is 9.86. The zero-order valence-electron chi connectivity index (χ0n) is 15.4. The van der Waals surface area contributed by atoms with Crippen LogP contribution in [0, 0.1) is 12.7 Å². The van der Waals surface area contributed by atoms with Crippen molar-refractivity contribution in [1.82, 2.24) is 15.1 Å². The maximum Gasteiger partial charge on any atom is 0.435 e. The normalized spacial score (nSPS) is 16.0. The Bertz CT molecular complexity index is 1060. The van der Waals surface area contributed by atoms with Crippen molar-refractivity contribution in [3.8, 4) is 11.1 Å². The molecular weight excluding hydrogens is 449 g/mol. The highest BCUT2D eigenvalue weighted by molar-refractivity contribution is 7.16. The Kier molecular flexibility index (Phi) is 6.02. The summed E-state index contributed by atoms with van der Waals surface area (Å²) in [6.07, 6.45) is -3.43. The van der Waals surface area contributed by atoms with Crippen LogP contribution < -0.4 is 5.32 Å². The maximum absolute atomic E-state index is 14.9. The zero-order valence-corrected chi connectivity index (χ0v) is 17.8. The predicted molar refractivity (Wildman–Crippen MR) is 108 cm³/mol. The van der Waals surface area contributed by atoms with Crippen molar-refractivity contribution in [2.24, 2.45) is 0 Å². The number of hydrogen-bond donors (Lipinski definition) is 1. The van der Waals surface area contributed by atoms with Gasteiger partial charge in [-0.2, -0.15) is 18.3 Å². The third-order valence-electron chi connectivity index (χ3n) is 4.95. The summed E-state index contributed by atoms with van der Waals surface area (Å²) in [5, 5.41) is 6.92. The monoisotopic (exact) mass is 465 g/mol. The van der Waals surface area contributed by atoms with Gasteiger partial charge in [0.25, 0.3) is 0 Å². The second-order valence-corrected chi connectivity index (χ2v) is 8.31. The summed E-state index contributed by atoms with van der Waals surface area (Å²) >= 11 is 7.69. The summed E-state index contributed by atoms with van der Waals surface area (Å²) in [7, 11) is 0. The van der Waals surface area contributed by atoms with Crippen LogP contribution in [-0.2, 0) is 19.3 Å². The Balaban J connectivity index is 0.00000240. The van der Waals surface area contributed by atoms with Crippen molar-refractivity contribution in [3.05, 3.63) is 61.8 Å². The molecule has 1 N–H and O–H groups in total. The van der Waals surface area contributed by atoms with E-state index in [1.54, 1.807) is 13.0 Å². The molecule has 3 heterocycles. The number of fused-ring (bicyclic) bond motifs is 1. The molecule has 0 bridgehead atoms. The lowest BCUT2D eigenvalue weighted by atomic mass is 9.91. The lowest BCUT2D eigenvalue weighted by Gasteiger charge is -2.19. The van der Waals surface area contributed by atoms with Crippen LogP contribution in [0.25, 0.3) is 11.1 Å². The smallest absolute Gasteiger partial charge is 0.301 e. The van der Waals surface area contributed by atoms with E-state index in [-0.39, 0.29) is 30.1 Å². The van der Waals surface area contributed by atoms with Gasteiger partial charge < -0.3 is 5.32 Å². The van der Waals surface area contributed by atoms with Crippen LogP contribution in [0.15, 0.2) is 24.4 Å². The molecule has 3 aromatic rings. The fourth-order valence-electron chi connectivity index (χ4n) is 3.67. The third kappa shape index (κ3) is 3.67. The van der Waals surface area contributed by atoms with Crippen molar-refractivity contribution >= 4 is 35.3 Å². The third-order valence-corrected chi connectivity index (χ3v) is 6.56. The first-order valence-electron chi connectivity index (χ1n) is 8.66. The molecule has 0 fully saturated rings. The molecule has 0 radical (unpaired) electrons. The van der Waals surface area contributed by atoms with E-state index >= 15 is 0 Å². The van der Waals surface area contributed by atoms with Gasteiger partial charge >= 0.3 is 6.18 Å². The van der Waals surface area contributed by atoms with Crippen LogP contribution in [0.1, 0.15) is 40.2 Å². The summed E-state index contributed by atoms with van der Waals surface area (Å²) in [6.45, 7) is 4.33. The van der Waals surface area contributed by atoms with Gasteiger partial charge in [0, 0.05) is 35.3 Å². The molecule has 156 valence electrons. The zero-order chi connectivity index (χ0) is 20.2. The van der Waals surface area contributed by atoms with Crippen LogP contribution >= 0.6 is 35.3 Å². The second kappa shape index (κ2) is 7.91. The molecule has 1 aromatic carbocycles. The molecule has 0 saturated heterocycles. The molecule has 1 atom stereocenters. The van der Waals surface area contributed by atoms with Crippen LogP contribution in [0.2, 0.25) is 4.34 Å².